The lowest BCUT2D eigenvalue weighted by atomic mass is 10.1. The minimum atomic E-state index is -0.616. The molecule has 6 heteroatoms. The predicted octanol–water partition coefficient (Wildman–Crippen LogP) is 2.71. The van der Waals surface area contributed by atoms with Gasteiger partial charge in [0.2, 0.25) is 5.95 Å². The SMILES string of the molecule is CC(O)c1cc2c(-c3ccnc(N)n3)cn(C(C)C)c2cn1. The molecule has 0 radical (unpaired) electrons. The summed E-state index contributed by atoms with van der Waals surface area (Å²) in [6.07, 6.45) is 4.87. The highest BCUT2D eigenvalue weighted by Gasteiger charge is 2.15. The fourth-order valence-electron chi connectivity index (χ4n) is 2.55. The van der Waals surface area contributed by atoms with Gasteiger partial charge in [0.25, 0.3) is 0 Å². The Balaban J connectivity index is 2.30. The number of hydrogen-bond donors (Lipinski definition) is 2. The van der Waals surface area contributed by atoms with Gasteiger partial charge in [0, 0.05) is 29.4 Å². The first-order chi connectivity index (χ1) is 10.5. The van der Waals surface area contributed by atoms with Gasteiger partial charge < -0.3 is 15.4 Å². The van der Waals surface area contributed by atoms with Gasteiger partial charge in [-0.3, -0.25) is 4.98 Å². The van der Waals surface area contributed by atoms with Crippen molar-refractivity contribution in [2.75, 3.05) is 5.73 Å². The first kappa shape index (κ1) is 14.5. The van der Waals surface area contributed by atoms with Crippen LogP contribution in [0.5, 0.6) is 0 Å². The molecule has 0 fully saturated rings. The first-order valence-electron chi connectivity index (χ1n) is 7.25. The molecule has 0 saturated carbocycles. The van der Waals surface area contributed by atoms with E-state index < -0.39 is 6.10 Å². The van der Waals surface area contributed by atoms with Crippen molar-refractivity contribution in [3.05, 3.63) is 36.4 Å². The summed E-state index contributed by atoms with van der Waals surface area (Å²) in [7, 11) is 0. The van der Waals surface area contributed by atoms with Gasteiger partial charge >= 0.3 is 0 Å². The normalized spacial score (nSPS) is 13.0. The summed E-state index contributed by atoms with van der Waals surface area (Å²) in [6, 6.07) is 4.03. The van der Waals surface area contributed by atoms with Gasteiger partial charge in [-0.1, -0.05) is 0 Å². The second-order valence-corrected chi connectivity index (χ2v) is 5.65. The number of aliphatic hydroxyl groups is 1. The van der Waals surface area contributed by atoms with E-state index in [9.17, 15) is 5.11 Å². The van der Waals surface area contributed by atoms with Crippen molar-refractivity contribution in [3.63, 3.8) is 0 Å². The smallest absolute Gasteiger partial charge is 0.220 e. The Labute approximate surface area is 128 Å². The zero-order chi connectivity index (χ0) is 15.9. The molecular weight excluding hydrogens is 278 g/mol. The molecular formula is C16H19N5O. The maximum Gasteiger partial charge on any atom is 0.220 e. The monoisotopic (exact) mass is 297 g/mol. The van der Waals surface area contributed by atoms with E-state index in [-0.39, 0.29) is 12.0 Å². The highest BCUT2D eigenvalue weighted by atomic mass is 16.3. The summed E-state index contributed by atoms with van der Waals surface area (Å²) in [6.45, 7) is 5.93. The Morgan fingerprint density at radius 1 is 1.23 bits per heavy atom. The van der Waals surface area contributed by atoms with Crippen molar-refractivity contribution in [1.29, 1.82) is 0 Å². The van der Waals surface area contributed by atoms with Crippen LogP contribution in [0.25, 0.3) is 22.2 Å². The highest BCUT2D eigenvalue weighted by molar-refractivity contribution is 5.95. The number of rotatable bonds is 3. The Kier molecular flexibility index (Phi) is 3.54. The maximum atomic E-state index is 9.79. The second kappa shape index (κ2) is 5.38. The summed E-state index contributed by atoms with van der Waals surface area (Å²) in [4.78, 5) is 12.6. The fourth-order valence-corrected chi connectivity index (χ4v) is 2.55. The molecule has 0 saturated heterocycles. The Morgan fingerprint density at radius 2 is 2.00 bits per heavy atom. The Morgan fingerprint density at radius 3 is 2.64 bits per heavy atom. The van der Waals surface area contributed by atoms with Gasteiger partial charge in [-0.2, -0.15) is 0 Å². The number of pyridine rings is 1. The number of aliphatic hydroxyl groups excluding tert-OH is 1. The molecule has 0 aliphatic carbocycles. The van der Waals surface area contributed by atoms with Crippen molar-refractivity contribution in [2.24, 2.45) is 0 Å². The van der Waals surface area contributed by atoms with Crippen molar-refractivity contribution < 1.29 is 5.11 Å². The van der Waals surface area contributed by atoms with Crippen molar-refractivity contribution in [3.8, 4) is 11.3 Å². The topological polar surface area (TPSA) is 89.9 Å². The third kappa shape index (κ3) is 2.42. The van der Waals surface area contributed by atoms with E-state index in [0.717, 1.165) is 22.2 Å². The molecule has 6 nitrogen and oxygen atoms in total. The van der Waals surface area contributed by atoms with E-state index in [4.69, 9.17) is 5.73 Å². The van der Waals surface area contributed by atoms with Crippen LogP contribution in [0.3, 0.4) is 0 Å². The summed E-state index contributed by atoms with van der Waals surface area (Å²) in [5.74, 6) is 0.243. The van der Waals surface area contributed by atoms with Crippen LogP contribution in [-0.2, 0) is 0 Å². The van der Waals surface area contributed by atoms with Crippen molar-refractivity contribution in [1.82, 2.24) is 19.5 Å². The van der Waals surface area contributed by atoms with Gasteiger partial charge in [-0.25, -0.2) is 9.97 Å². The van der Waals surface area contributed by atoms with Gasteiger partial charge in [-0.15, -0.1) is 0 Å². The van der Waals surface area contributed by atoms with E-state index in [1.54, 1.807) is 19.3 Å². The molecule has 0 aromatic carbocycles. The first-order valence-corrected chi connectivity index (χ1v) is 7.25. The summed E-state index contributed by atoms with van der Waals surface area (Å²) in [5, 5.41) is 10.8. The van der Waals surface area contributed by atoms with Crippen LogP contribution in [0.4, 0.5) is 5.95 Å². The van der Waals surface area contributed by atoms with Crippen LogP contribution in [-0.4, -0.2) is 24.6 Å². The quantitative estimate of drug-likeness (QED) is 0.775. The number of hydrogen-bond acceptors (Lipinski definition) is 5. The summed E-state index contributed by atoms with van der Waals surface area (Å²) >= 11 is 0. The fraction of sp³-hybridized carbons (Fsp3) is 0.312. The van der Waals surface area contributed by atoms with Crippen molar-refractivity contribution >= 4 is 16.9 Å². The number of nitrogens with zero attached hydrogens (tertiary/aromatic N) is 4. The average Bonchev–Trinajstić information content (AvgIpc) is 2.86. The molecule has 0 spiro atoms. The molecule has 3 aromatic rings. The van der Waals surface area contributed by atoms with E-state index in [0.29, 0.717) is 5.69 Å². The second-order valence-electron chi connectivity index (χ2n) is 5.65. The molecule has 1 unspecified atom stereocenters. The van der Waals surface area contributed by atoms with Crippen LogP contribution < -0.4 is 5.73 Å². The third-order valence-corrected chi connectivity index (χ3v) is 3.68. The standard InChI is InChI=1S/C16H19N5O/c1-9(2)21-8-12(13-4-5-18-16(17)20-13)11-6-14(10(3)22)19-7-15(11)21/h4-10,22H,1-3H3,(H2,17,18,20). The van der Waals surface area contributed by atoms with Crippen LogP contribution >= 0.6 is 0 Å². The van der Waals surface area contributed by atoms with Gasteiger partial charge in [0.15, 0.2) is 0 Å². The Bertz CT molecular complexity index is 823. The Hall–Kier alpha value is -2.47. The van der Waals surface area contributed by atoms with Crippen LogP contribution in [0.1, 0.15) is 38.6 Å². The van der Waals surface area contributed by atoms with Crippen LogP contribution in [0.2, 0.25) is 0 Å². The molecule has 0 aliphatic heterocycles. The number of nitrogen functional groups attached to an aromatic ring is 1. The molecule has 1 atom stereocenters. The predicted molar refractivity (Wildman–Crippen MR) is 86.2 cm³/mol. The largest absolute Gasteiger partial charge is 0.387 e. The molecule has 22 heavy (non-hydrogen) atoms. The molecule has 0 amide bonds. The maximum absolute atomic E-state index is 9.79. The minimum absolute atomic E-state index is 0.243. The lowest BCUT2D eigenvalue weighted by molar-refractivity contribution is 0.194. The van der Waals surface area contributed by atoms with E-state index in [2.05, 4.69) is 33.4 Å². The van der Waals surface area contributed by atoms with Crippen LogP contribution in [0.15, 0.2) is 30.7 Å². The zero-order valence-electron chi connectivity index (χ0n) is 12.9. The molecule has 0 bridgehead atoms. The number of anilines is 1. The molecule has 3 rings (SSSR count). The molecule has 3 aromatic heterocycles. The summed E-state index contributed by atoms with van der Waals surface area (Å²) < 4.78 is 2.14. The third-order valence-electron chi connectivity index (χ3n) is 3.68. The zero-order valence-corrected chi connectivity index (χ0v) is 12.9. The highest BCUT2D eigenvalue weighted by Crippen LogP contribution is 2.32. The minimum Gasteiger partial charge on any atom is -0.387 e. The number of fused-ring (bicyclic) bond motifs is 1. The summed E-state index contributed by atoms with van der Waals surface area (Å²) in [5.41, 5.74) is 9.07. The van der Waals surface area contributed by atoms with E-state index in [1.165, 1.54) is 0 Å². The lowest BCUT2D eigenvalue weighted by Gasteiger charge is -2.09. The molecule has 3 heterocycles. The lowest BCUT2D eigenvalue weighted by Crippen LogP contribution is -2.00. The van der Waals surface area contributed by atoms with Crippen LogP contribution in [0, 0.1) is 0 Å². The number of aromatic nitrogens is 4. The number of nitrogens with two attached hydrogens (primary N) is 1. The van der Waals surface area contributed by atoms with E-state index >= 15 is 0 Å². The molecule has 0 aliphatic rings. The van der Waals surface area contributed by atoms with Gasteiger partial charge in [0.1, 0.15) is 0 Å². The van der Waals surface area contributed by atoms with Crippen molar-refractivity contribution in [2.45, 2.75) is 32.9 Å². The molecule has 3 N–H and O–H groups in total. The van der Waals surface area contributed by atoms with Gasteiger partial charge in [-0.05, 0) is 32.9 Å². The van der Waals surface area contributed by atoms with E-state index in [1.807, 2.05) is 18.3 Å². The molecule has 114 valence electrons. The van der Waals surface area contributed by atoms with Gasteiger partial charge in [0.05, 0.1) is 29.2 Å². The average molecular weight is 297 g/mol.